The van der Waals surface area contributed by atoms with E-state index >= 15 is 0 Å². The lowest BCUT2D eigenvalue weighted by Gasteiger charge is -2.27. The molecule has 24 heavy (non-hydrogen) atoms. The Labute approximate surface area is 156 Å². The van der Waals surface area contributed by atoms with E-state index in [-0.39, 0.29) is 30.3 Å². The smallest absolute Gasteiger partial charge is 0.223 e. The number of hydrogen-bond acceptors (Lipinski definition) is 3. The van der Waals surface area contributed by atoms with Gasteiger partial charge in [-0.05, 0) is 56.5 Å². The second kappa shape index (κ2) is 10.1. The van der Waals surface area contributed by atoms with Crippen molar-refractivity contribution in [3.05, 3.63) is 28.8 Å². The molecule has 6 heteroatoms. The summed E-state index contributed by atoms with van der Waals surface area (Å²) in [5.41, 5.74) is 0.955. The highest BCUT2D eigenvalue weighted by Crippen LogP contribution is 2.32. The predicted octanol–water partition coefficient (Wildman–Crippen LogP) is 3.97. The molecule has 1 saturated heterocycles. The average Bonchev–Trinajstić information content (AvgIpc) is 2.54. The lowest BCUT2D eigenvalue weighted by molar-refractivity contribution is -0.126. The first-order chi connectivity index (χ1) is 11.0. The molecule has 0 aromatic heterocycles. The number of nitrogens with one attached hydrogen (secondary N) is 2. The van der Waals surface area contributed by atoms with Gasteiger partial charge in [0.15, 0.2) is 0 Å². The van der Waals surface area contributed by atoms with E-state index in [0.717, 1.165) is 43.7 Å². The van der Waals surface area contributed by atoms with Gasteiger partial charge in [0.2, 0.25) is 5.91 Å². The molecule has 2 rings (SSSR count). The maximum absolute atomic E-state index is 12.6. The molecule has 0 aliphatic carbocycles. The van der Waals surface area contributed by atoms with E-state index in [1.807, 2.05) is 18.2 Å². The first kappa shape index (κ1) is 21.1. The van der Waals surface area contributed by atoms with E-state index in [9.17, 15) is 4.79 Å². The van der Waals surface area contributed by atoms with Gasteiger partial charge in [0.05, 0.1) is 13.2 Å². The SMILES string of the molecule is COc1ccc(Cl)cc1C(CC(C)C)NC(=O)C1CCNCC1.Cl. The fourth-order valence-corrected chi connectivity index (χ4v) is 3.27. The zero-order valence-electron chi connectivity index (χ0n) is 14.6. The van der Waals surface area contributed by atoms with Gasteiger partial charge in [-0.1, -0.05) is 25.4 Å². The largest absolute Gasteiger partial charge is 0.496 e. The summed E-state index contributed by atoms with van der Waals surface area (Å²) in [6.07, 6.45) is 2.65. The van der Waals surface area contributed by atoms with Gasteiger partial charge in [-0.3, -0.25) is 4.79 Å². The van der Waals surface area contributed by atoms with Crippen molar-refractivity contribution in [1.82, 2.24) is 10.6 Å². The van der Waals surface area contributed by atoms with Crippen LogP contribution in [0, 0.1) is 11.8 Å². The summed E-state index contributed by atoms with van der Waals surface area (Å²) in [5.74, 6) is 1.46. The monoisotopic (exact) mass is 374 g/mol. The van der Waals surface area contributed by atoms with Crippen molar-refractivity contribution in [2.75, 3.05) is 20.2 Å². The van der Waals surface area contributed by atoms with Crippen LogP contribution in [-0.4, -0.2) is 26.1 Å². The van der Waals surface area contributed by atoms with Crippen LogP contribution in [0.25, 0.3) is 0 Å². The molecule has 4 nitrogen and oxygen atoms in total. The van der Waals surface area contributed by atoms with Crippen LogP contribution in [0.4, 0.5) is 0 Å². The summed E-state index contributed by atoms with van der Waals surface area (Å²) in [6, 6.07) is 5.49. The number of benzene rings is 1. The van der Waals surface area contributed by atoms with Crippen LogP contribution in [0.2, 0.25) is 5.02 Å². The molecule has 1 atom stereocenters. The number of methoxy groups -OCH3 is 1. The number of ether oxygens (including phenoxy) is 1. The van der Waals surface area contributed by atoms with Crippen molar-refractivity contribution in [3.8, 4) is 5.75 Å². The van der Waals surface area contributed by atoms with Crippen LogP contribution in [0.5, 0.6) is 5.75 Å². The summed E-state index contributed by atoms with van der Waals surface area (Å²) in [5, 5.41) is 7.18. The quantitative estimate of drug-likeness (QED) is 0.791. The Hall–Kier alpha value is -0.970. The predicted molar refractivity (Wildman–Crippen MR) is 101 cm³/mol. The molecule has 1 aromatic carbocycles. The van der Waals surface area contributed by atoms with Gasteiger partial charge in [-0.25, -0.2) is 0 Å². The van der Waals surface area contributed by atoms with E-state index < -0.39 is 0 Å². The molecular formula is C18H28Cl2N2O2. The molecule has 0 spiro atoms. The maximum atomic E-state index is 12.6. The van der Waals surface area contributed by atoms with Crippen molar-refractivity contribution in [3.63, 3.8) is 0 Å². The Kier molecular flexibility index (Phi) is 8.88. The fraction of sp³-hybridized carbons (Fsp3) is 0.611. The van der Waals surface area contributed by atoms with Crippen molar-refractivity contribution in [1.29, 1.82) is 0 Å². The van der Waals surface area contributed by atoms with Crippen LogP contribution in [0.1, 0.15) is 44.7 Å². The van der Waals surface area contributed by atoms with E-state index in [4.69, 9.17) is 16.3 Å². The summed E-state index contributed by atoms with van der Waals surface area (Å²) in [4.78, 5) is 12.6. The normalized spacial score (nSPS) is 16.4. The number of rotatable bonds is 6. The highest BCUT2D eigenvalue weighted by atomic mass is 35.5. The molecule has 136 valence electrons. The molecule has 1 aliphatic heterocycles. The van der Waals surface area contributed by atoms with Crippen molar-refractivity contribution in [2.24, 2.45) is 11.8 Å². The third kappa shape index (κ3) is 5.83. The number of hydrogen-bond donors (Lipinski definition) is 2. The molecule has 1 unspecified atom stereocenters. The van der Waals surface area contributed by atoms with Gasteiger partial charge in [0.1, 0.15) is 5.75 Å². The topological polar surface area (TPSA) is 50.4 Å². The third-order valence-electron chi connectivity index (χ3n) is 4.30. The van der Waals surface area contributed by atoms with E-state index in [1.165, 1.54) is 0 Å². The molecule has 0 bridgehead atoms. The zero-order valence-corrected chi connectivity index (χ0v) is 16.2. The Morgan fingerprint density at radius 3 is 2.62 bits per heavy atom. The third-order valence-corrected chi connectivity index (χ3v) is 4.54. The molecule has 0 radical (unpaired) electrons. The first-order valence-electron chi connectivity index (χ1n) is 8.35. The molecule has 1 heterocycles. The highest BCUT2D eigenvalue weighted by molar-refractivity contribution is 6.30. The lowest BCUT2D eigenvalue weighted by Crippen LogP contribution is -2.40. The zero-order chi connectivity index (χ0) is 16.8. The number of carbonyl (C=O) groups is 1. The molecule has 1 aliphatic rings. The summed E-state index contributed by atoms with van der Waals surface area (Å²) in [6.45, 7) is 6.13. The Morgan fingerprint density at radius 2 is 2.04 bits per heavy atom. The molecule has 1 amide bonds. The number of halogens is 2. The van der Waals surface area contributed by atoms with Gasteiger partial charge < -0.3 is 15.4 Å². The minimum absolute atomic E-state index is 0. The van der Waals surface area contributed by atoms with Crippen LogP contribution in [0.3, 0.4) is 0 Å². The average molecular weight is 375 g/mol. The molecule has 1 fully saturated rings. The van der Waals surface area contributed by atoms with Crippen molar-refractivity contribution < 1.29 is 9.53 Å². The Balaban J connectivity index is 0.00000288. The van der Waals surface area contributed by atoms with Gasteiger partial charge in [0, 0.05) is 16.5 Å². The number of carbonyl (C=O) groups excluding carboxylic acids is 1. The van der Waals surface area contributed by atoms with Crippen LogP contribution in [-0.2, 0) is 4.79 Å². The summed E-state index contributed by atoms with van der Waals surface area (Å²) < 4.78 is 5.47. The van der Waals surface area contributed by atoms with Crippen LogP contribution in [0.15, 0.2) is 18.2 Å². The van der Waals surface area contributed by atoms with Gasteiger partial charge in [-0.2, -0.15) is 0 Å². The molecule has 0 saturated carbocycles. The lowest BCUT2D eigenvalue weighted by atomic mass is 9.93. The maximum Gasteiger partial charge on any atom is 0.223 e. The van der Waals surface area contributed by atoms with E-state index in [2.05, 4.69) is 24.5 Å². The molecule has 2 N–H and O–H groups in total. The van der Waals surface area contributed by atoms with E-state index in [1.54, 1.807) is 7.11 Å². The summed E-state index contributed by atoms with van der Waals surface area (Å²) >= 11 is 6.16. The fourth-order valence-electron chi connectivity index (χ4n) is 3.09. The first-order valence-corrected chi connectivity index (χ1v) is 8.73. The minimum Gasteiger partial charge on any atom is -0.496 e. The molecular weight excluding hydrogens is 347 g/mol. The second-order valence-electron chi connectivity index (χ2n) is 6.60. The van der Waals surface area contributed by atoms with Crippen LogP contribution < -0.4 is 15.4 Å². The minimum atomic E-state index is -0.0777. The van der Waals surface area contributed by atoms with Crippen molar-refractivity contribution >= 4 is 29.9 Å². The van der Waals surface area contributed by atoms with E-state index in [0.29, 0.717) is 10.9 Å². The van der Waals surface area contributed by atoms with Crippen LogP contribution >= 0.6 is 24.0 Å². The van der Waals surface area contributed by atoms with Crippen molar-refractivity contribution in [2.45, 2.75) is 39.2 Å². The second-order valence-corrected chi connectivity index (χ2v) is 7.04. The Bertz CT molecular complexity index is 532. The molecule has 1 aromatic rings. The standard InChI is InChI=1S/C18H27ClN2O2.ClH/c1-12(2)10-16(15-11-14(19)4-5-17(15)23-3)21-18(22)13-6-8-20-9-7-13;/h4-5,11-13,16,20H,6-10H2,1-3H3,(H,21,22);1H. The summed E-state index contributed by atoms with van der Waals surface area (Å²) in [7, 11) is 1.65. The van der Waals surface area contributed by atoms with Gasteiger partial charge in [-0.15, -0.1) is 12.4 Å². The van der Waals surface area contributed by atoms with Gasteiger partial charge >= 0.3 is 0 Å². The van der Waals surface area contributed by atoms with Gasteiger partial charge in [0.25, 0.3) is 0 Å². The highest BCUT2D eigenvalue weighted by Gasteiger charge is 2.26. The number of piperidine rings is 1. The Morgan fingerprint density at radius 1 is 1.38 bits per heavy atom. The number of amides is 1.